The van der Waals surface area contributed by atoms with Gasteiger partial charge in [0.2, 0.25) is 0 Å². The maximum absolute atomic E-state index is 13.1. The van der Waals surface area contributed by atoms with E-state index in [0.29, 0.717) is 29.5 Å². The molecule has 0 aromatic heterocycles. The summed E-state index contributed by atoms with van der Waals surface area (Å²) in [6.07, 6.45) is 3.47. The standard InChI is InChI=1S/C21H21Cl2N3O3S/c1-25(13-14-7-4-5-8-16(14)22)21(27)15-11-19-18(12-17(15)23)26-10-6-2-3-9-20(26)24-30(19,28)29/h4-5,7-8,11-12H,2-3,6,9-10,13H2,1H3. The van der Waals surface area contributed by atoms with Crippen molar-refractivity contribution < 1.29 is 13.2 Å². The topological polar surface area (TPSA) is 70.1 Å². The lowest BCUT2D eigenvalue weighted by Crippen LogP contribution is -2.35. The predicted molar refractivity (Wildman–Crippen MR) is 119 cm³/mol. The summed E-state index contributed by atoms with van der Waals surface area (Å²) in [6, 6.07) is 10.2. The molecule has 1 saturated heterocycles. The minimum Gasteiger partial charge on any atom is -0.337 e. The smallest absolute Gasteiger partial charge is 0.286 e. The van der Waals surface area contributed by atoms with Crippen molar-refractivity contribution in [2.24, 2.45) is 4.40 Å². The summed E-state index contributed by atoms with van der Waals surface area (Å²) in [5.74, 6) is 0.162. The number of anilines is 1. The van der Waals surface area contributed by atoms with E-state index in [1.807, 2.05) is 23.1 Å². The summed E-state index contributed by atoms with van der Waals surface area (Å²) in [7, 11) is -2.27. The Bertz CT molecular complexity index is 1150. The molecular formula is C21H21Cl2N3O3S. The highest BCUT2D eigenvalue weighted by atomic mass is 35.5. The van der Waals surface area contributed by atoms with Crippen LogP contribution >= 0.6 is 23.2 Å². The molecule has 0 spiro atoms. The number of fused-ring (bicyclic) bond motifs is 3. The van der Waals surface area contributed by atoms with Crippen LogP contribution in [0.25, 0.3) is 0 Å². The van der Waals surface area contributed by atoms with Crippen LogP contribution in [-0.4, -0.2) is 38.7 Å². The Balaban J connectivity index is 1.70. The highest BCUT2D eigenvalue weighted by molar-refractivity contribution is 7.90. The first kappa shape index (κ1) is 21.2. The van der Waals surface area contributed by atoms with Crippen molar-refractivity contribution in [2.75, 3.05) is 18.5 Å². The summed E-state index contributed by atoms with van der Waals surface area (Å²) >= 11 is 12.7. The van der Waals surface area contributed by atoms with E-state index >= 15 is 0 Å². The Kier molecular flexibility index (Phi) is 5.79. The van der Waals surface area contributed by atoms with E-state index < -0.39 is 10.0 Å². The van der Waals surface area contributed by atoms with Crippen LogP contribution in [0, 0.1) is 0 Å². The Labute approximate surface area is 186 Å². The van der Waals surface area contributed by atoms with Gasteiger partial charge in [0, 0.05) is 31.6 Å². The van der Waals surface area contributed by atoms with Gasteiger partial charge in [-0.15, -0.1) is 4.40 Å². The maximum atomic E-state index is 13.1. The summed E-state index contributed by atoms with van der Waals surface area (Å²) in [4.78, 5) is 16.5. The molecule has 6 nitrogen and oxygen atoms in total. The Hall–Kier alpha value is -2.09. The van der Waals surface area contributed by atoms with Crippen molar-refractivity contribution in [1.82, 2.24) is 4.90 Å². The van der Waals surface area contributed by atoms with E-state index in [1.54, 1.807) is 19.2 Å². The highest BCUT2D eigenvalue weighted by Gasteiger charge is 2.33. The van der Waals surface area contributed by atoms with Gasteiger partial charge < -0.3 is 9.80 Å². The normalized spacial score (nSPS) is 17.4. The molecule has 4 rings (SSSR count). The molecule has 0 atom stereocenters. The molecule has 0 aliphatic carbocycles. The number of sulfonamides is 1. The molecule has 0 N–H and O–H groups in total. The van der Waals surface area contributed by atoms with E-state index in [4.69, 9.17) is 23.2 Å². The average Bonchev–Trinajstić information content (AvgIpc) is 2.93. The number of carbonyl (C=O) groups excluding carboxylic acids is 1. The minimum atomic E-state index is -3.90. The fourth-order valence-electron chi connectivity index (χ4n) is 3.82. The number of nitrogens with zero attached hydrogens (tertiary/aromatic N) is 3. The largest absolute Gasteiger partial charge is 0.337 e. The van der Waals surface area contributed by atoms with Gasteiger partial charge in [0.25, 0.3) is 15.9 Å². The van der Waals surface area contributed by atoms with E-state index in [1.165, 1.54) is 11.0 Å². The summed E-state index contributed by atoms with van der Waals surface area (Å²) in [5, 5.41) is 0.768. The molecule has 0 saturated carbocycles. The first-order valence-corrected chi connectivity index (χ1v) is 11.9. The number of hydrogen-bond acceptors (Lipinski definition) is 4. The summed E-state index contributed by atoms with van der Waals surface area (Å²) < 4.78 is 29.7. The summed E-state index contributed by atoms with van der Waals surface area (Å²) in [5.41, 5.74) is 1.41. The zero-order valence-electron chi connectivity index (χ0n) is 16.4. The molecule has 0 radical (unpaired) electrons. The van der Waals surface area contributed by atoms with Crippen LogP contribution in [0.15, 0.2) is 45.7 Å². The second-order valence-corrected chi connectivity index (χ2v) is 9.88. The molecule has 2 aliphatic heterocycles. The SMILES string of the molecule is CN(Cc1ccccc1Cl)C(=O)c1cc2c(cc1Cl)N1CCCCCC1=NS2(=O)=O. The lowest BCUT2D eigenvalue weighted by atomic mass is 10.1. The quantitative estimate of drug-likeness (QED) is 0.655. The minimum absolute atomic E-state index is 0.0204. The molecule has 9 heteroatoms. The first-order chi connectivity index (χ1) is 14.3. The number of hydrogen-bond donors (Lipinski definition) is 0. The van der Waals surface area contributed by atoms with Crippen molar-refractivity contribution in [2.45, 2.75) is 37.1 Å². The third-order valence-electron chi connectivity index (χ3n) is 5.38. The second-order valence-electron chi connectivity index (χ2n) is 7.50. The van der Waals surface area contributed by atoms with Crippen molar-refractivity contribution >= 4 is 50.7 Å². The molecule has 2 aromatic carbocycles. The van der Waals surface area contributed by atoms with Crippen LogP contribution in [0.4, 0.5) is 5.69 Å². The Morgan fingerprint density at radius 1 is 1.13 bits per heavy atom. The van der Waals surface area contributed by atoms with Crippen molar-refractivity contribution in [3.8, 4) is 0 Å². The van der Waals surface area contributed by atoms with Crippen molar-refractivity contribution in [3.63, 3.8) is 0 Å². The average molecular weight is 466 g/mol. The molecule has 2 heterocycles. The zero-order chi connectivity index (χ0) is 21.5. The number of rotatable bonds is 3. The van der Waals surface area contributed by atoms with Crippen LogP contribution in [0.2, 0.25) is 10.0 Å². The number of carbonyl (C=O) groups is 1. The van der Waals surface area contributed by atoms with Gasteiger partial charge in [0.15, 0.2) is 0 Å². The molecule has 2 aliphatic rings. The molecule has 1 amide bonds. The number of amides is 1. The number of amidine groups is 1. The Morgan fingerprint density at radius 2 is 1.90 bits per heavy atom. The third-order valence-corrected chi connectivity index (χ3v) is 7.39. The maximum Gasteiger partial charge on any atom is 0.286 e. The van der Waals surface area contributed by atoms with Crippen LogP contribution in [-0.2, 0) is 16.6 Å². The number of halogens is 2. The number of benzene rings is 2. The fraction of sp³-hybridized carbons (Fsp3) is 0.333. The monoisotopic (exact) mass is 465 g/mol. The molecular weight excluding hydrogens is 445 g/mol. The van der Waals surface area contributed by atoms with E-state index in [-0.39, 0.29) is 27.9 Å². The lowest BCUT2D eigenvalue weighted by Gasteiger charge is -2.30. The van der Waals surface area contributed by atoms with Gasteiger partial charge in [-0.25, -0.2) is 0 Å². The van der Waals surface area contributed by atoms with Crippen LogP contribution in [0.1, 0.15) is 41.6 Å². The molecule has 0 bridgehead atoms. The van der Waals surface area contributed by atoms with Gasteiger partial charge in [-0.05, 0) is 36.6 Å². The predicted octanol–water partition coefficient (Wildman–Crippen LogP) is 4.75. The lowest BCUT2D eigenvalue weighted by molar-refractivity contribution is 0.0785. The van der Waals surface area contributed by atoms with Gasteiger partial charge in [-0.3, -0.25) is 4.79 Å². The second kappa shape index (κ2) is 8.21. The van der Waals surface area contributed by atoms with Crippen molar-refractivity contribution in [1.29, 1.82) is 0 Å². The van der Waals surface area contributed by atoms with Gasteiger partial charge in [0.05, 0.1) is 16.3 Å². The summed E-state index contributed by atoms with van der Waals surface area (Å²) in [6.45, 7) is 0.949. The molecule has 30 heavy (non-hydrogen) atoms. The molecule has 2 aromatic rings. The fourth-order valence-corrected chi connectivity index (χ4v) is 5.52. The van der Waals surface area contributed by atoms with E-state index in [9.17, 15) is 13.2 Å². The van der Waals surface area contributed by atoms with Crippen LogP contribution < -0.4 is 4.90 Å². The third kappa shape index (κ3) is 3.94. The van der Waals surface area contributed by atoms with Crippen molar-refractivity contribution in [3.05, 3.63) is 57.6 Å². The molecule has 158 valence electrons. The van der Waals surface area contributed by atoms with Gasteiger partial charge in [0.1, 0.15) is 10.7 Å². The van der Waals surface area contributed by atoms with Crippen LogP contribution in [0.5, 0.6) is 0 Å². The molecule has 1 fully saturated rings. The van der Waals surface area contributed by atoms with E-state index in [2.05, 4.69) is 4.40 Å². The van der Waals surface area contributed by atoms with Gasteiger partial charge in [-0.1, -0.05) is 47.8 Å². The molecule has 0 unspecified atom stereocenters. The Morgan fingerprint density at radius 3 is 2.67 bits per heavy atom. The van der Waals surface area contributed by atoms with Gasteiger partial charge >= 0.3 is 0 Å². The van der Waals surface area contributed by atoms with Crippen LogP contribution in [0.3, 0.4) is 0 Å². The zero-order valence-corrected chi connectivity index (χ0v) is 18.8. The first-order valence-electron chi connectivity index (χ1n) is 9.72. The highest BCUT2D eigenvalue weighted by Crippen LogP contribution is 2.38. The van der Waals surface area contributed by atoms with E-state index in [0.717, 1.165) is 24.8 Å². The van der Waals surface area contributed by atoms with Gasteiger partial charge in [-0.2, -0.15) is 8.42 Å².